The second-order valence-corrected chi connectivity index (χ2v) is 5.15. The topological polar surface area (TPSA) is 61.9 Å². The number of epoxide rings is 1. The highest BCUT2D eigenvalue weighted by Crippen LogP contribution is 2.15. The summed E-state index contributed by atoms with van der Waals surface area (Å²) >= 11 is 0. The number of hydrogen-bond acceptors (Lipinski definition) is 3. The van der Waals surface area contributed by atoms with Crippen LogP contribution in [0.1, 0.15) is 12.8 Å². The van der Waals surface area contributed by atoms with Gasteiger partial charge in [-0.15, -0.1) is 0 Å². The van der Waals surface area contributed by atoms with Crippen LogP contribution in [-0.2, 0) is 14.9 Å². The van der Waals surface area contributed by atoms with Crippen molar-refractivity contribution >= 4 is 10.2 Å². The molecule has 2 aliphatic rings. The largest absolute Gasteiger partial charge is 0.373 e. The summed E-state index contributed by atoms with van der Waals surface area (Å²) in [6.45, 7) is 2.59. The van der Waals surface area contributed by atoms with Crippen molar-refractivity contribution in [1.82, 2.24) is 9.03 Å². The zero-order valence-electron chi connectivity index (χ0n) is 7.40. The number of nitrogens with zero attached hydrogens (tertiary/aromatic N) is 1. The van der Waals surface area contributed by atoms with Crippen LogP contribution in [0.2, 0.25) is 0 Å². The number of hydrogen-bond donors (Lipinski definition) is 1. The third-order valence-electron chi connectivity index (χ3n) is 2.31. The fourth-order valence-corrected chi connectivity index (χ4v) is 2.72. The first-order valence-electron chi connectivity index (χ1n) is 4.55. The molecule has 0 aromatic carbocycles. The fourth-order valence-electron chi connectivity index (χ4n) is 1.42. The molecule has 2 heterocycles. The summed E-state index contributed by atoms with van der Waals surface area (Å²) in [4.78, 5) is 0. The molecule has 0 spiro atoms. The molecule has 0 aromatic heterocycles. The van der Waals surface area contributed by atoms with Gasteiger partial charge >= 0.3 is 0 Å². The molecule has 0 aromatic rings. The van der Waals surface area contributed by atoms with Crippen molar-refractivity contribution in [1.29, 1.82) is 0 Å². The van der Waals surface area contributed by atoms with Gasteiger partial charge in [0.05, 0.1) is 12.7 Å². The van der Waals surface area contributed by atoms with Crippen LogP contribution in [0.4, 0.5) is 0 Å². The van der Waals surface area contributed by atoms with E-state index in [1.54, 1.807) is 0 Å². The monoisotopic (exact) mass is 206 g/mol. The van der Waals surface area contributed by atoms with Crippen molar-refractivity contribution in [3.63, 3.8) is 0 Å². The van der Waals surface area contributed by atoms with E-state index in [0.29, 0.717) is 25.7 Å². The Balaban J connectivity index is 1.87. The Bertz CT molecular complexity index is 273. The molecular formula is C7H14N2O3S. The molecule has 0 amide bonds. The van der Waals surface area contributed by atoms with Crippen LogP contribution in [0, 0.1) is 0 Å². The van der Waals surface area contributed by atoms with Crippen molar-refractivity contribution in [3.05, 3.63) is 0 Å². The lowest BCUT2D eigenvalue weighted by Crippen LogP contribution is -2.47. The van der Waals surface area contributed by atoms with Gasteiger partial charge in [-0.05, 0) is 12.8 Å². The van der Waals surface area contributed by atoms with Crippen LogP contribution in [0.5, 0.6) is 0 Å². The molecule has 2 aliphatic heterocycles. The Kier molecular flexibility index (Phi) is 2.55. The molecule has 76 valence electrons. The summed E-state index contributed by atoms with van der Waals surface area (Å²) in [5.41, 5.74) is 0. The van der Waals surface area contributed by atoms with Gasteiger partial charge in [-0.2, -0.15) is 12.7 Å². The lowest BCUT2D eigenvalue weighted by Gasteiger charge is -2.26. The highest BCUT2D eigenvalue weighted by Gasteiger charge is 2.28. The molecule has 2 rings (SSSR count). The zero-order valence-corrected chi connectivity index (χ0v) is 8.22. The Labute approximate surface area is 78.2 Å². The summed E-state index contributed by atoms with van der Waals surface area (Å²) in [6.07, 6.45) is 2.02. The molecule has 2 saturated heterocycles. The number of nitrogens with one attached hydrogen (secondary N) is 1. The Hall–Kier alpha value is -0.170. The van der Waals surface area contributed by atoms with E-state index in [1.807, 2.05) is 0 Å². The van der Waals surface area contributed by atoms with E-state index >= 15 is 0 Å². The molecule has 1 unspecified atom stereocenters. The molecule has 0 bridgehead atoms. The minimum absolute atomic E-state index is 0.303. The zero-order chi connectivity index (χ0) is 9.31. The molecule has 1 N–H and O–H groups in total. The molecule has 0 radical (unpaired) electrons. The lowest BCUT2D eigenvalue weighted by molar-refractivity contribution is 0.335. The van der Waals surface area contributed by atoms with Gasteiger partial charge in [0.15, 0.2) is 0 Å². The van der Waals surface area contributed by atoms with Crippen LogP contribution in [0.15, 0.2) is 0 Å². The summed E-state index contributed by atoms with van der Waals surface area (Å²) in [7, 11) is -3.16. The van der Waals surface area contributed by atoms with E-state index in [4.69, 9.17) is 4.74 Å². The SMILES string of the molecule is O=S1(=O)NCCCN1CCC1CO1. The predicted octanol–water partition coefficient (Wildman–Crippen LogP) is -0.685. The quantitative estimate of drug-likeness (QED) is 0.622. The summed E-state index contributed by atoms with van der Waals surface area (Å²) in [6, 6.07) is 0. The first-order chi connectivity index (χ1) is 6.18. The van der Waals surface area contributed by atoms with E-state index in [0.717, 1.165) is 19.4 Å². The van der Waals surface area contributed by atoms with Crippen molar-refractivity contribution in [3.8, 4) is 0 Å². The predicted molar refractivity (Wildman–Crippen MR) is 47.5 cm³/mol. The third-order valence-corrected chi connectivity index (χ3v) is 3.93. The average molecular weight is 206 g/mol. The maximum absolute atomic E-state index is 11.4. The molecule has 6 heteroatoms. The van der Waals surface area contributed by atoms with Gasteiger partial charge < -0.3 is 4.74 Å². The van der Waals surface area contributed by atoms with Gasteiger partial charge in [-0.25, -0.2) is 4.72 Å². The molecule has 0 aliphatic carbocycles. The number of ether oxygens (including phenoxy) is 1. The van der Waals surface area contributed by atoms with Gasteiger partial charge in [0, 0.05) is 19.6 Å². The normalized spacial score (nSPS) is 33.1. The second kappa shape index (κ2) is 3.53. The van der Waals surface area contributed by atoms with Crippen LogP contribution >= 0.6 is 0 Å². The molecule has 1 atom stereocenters. The maximum atomic E-state index is 11.4. The molecule has 0 saturated carbocycles. The minimum Gasteiger partial charge on any atom is -0.373 e. The second-order valence-electron chi connectivity index (χ2n) is 3.40. The average Bonchev–Trinajstić information content (AvgIpc) is 2.85. The summed E-state index contributed by atoms with van der Waals surface area (Å²) < 4.78 is 31.8. The Morgan fingerprint density at radius 2 is 2.31 bits per heavy atom. The first-order valence-corrected chi connectivity index (χ1v) is 5.99. The molecular weight excluding hydrogens is 192 g/mol. The number of rotatable bonds is 3. The van der Waals surface area contributed by atoms with E-state index in [-0.39, 0.29) is 0 Å². The van der Waals surface area contributed by atoms with Crippen LogP contribution < -0.4 is 4.72 Å². The Morgan fingerprint density at radius 1 is 1.54 bits per heavy atom. The molecule has 5 nitrogen and oxygen atoms in total. The van der Waals surface area contributed by atoms with Crippen molar-refractivity contribution in [2.24, 2.45) is 0 Å². The minimum atomic E-state index is -3.16. The van der Waals surface area contributed by atoms with Gasteiger partial charge in [0.25, 0.3) is 10.2 Å². The summed E-state index contributed by atoms with van der Waals surface area (Å²) in [5.74, 6) is 0. The first kappa shape index (κ1) is 9.39. The van der Waals surface area contributed by atoms with E-state index in [1.165, 1.54) is 4.31 Å². The van der Waals surface area contributed by atoms with Crippen LogP contribution in [0.25, 0.3) is 0 Å². The fraction of sp³-hybridized carbons (Fsp3) is 1.00. The highest BCUT2D eigenvalue weighted by atomic mass is 32.2. The summed E-state index contributed by atoms with van der Waals surface area (Å²) in [5, 5.41) is 0. The smallest absolute Gasteiger partial charge is 0.279 e. The van der Waals surface area contributed by atoms with Crippen molar-refractivity contribution in [2.75, 3.05) is 26.2 Å². The van der Waals surface area contributed by atoms with Gasteiger partial charge in [0.2, 0.25) is 0 Å². The van der Waals surface area contributed by atoms with E-state index in [9.17, 15) is 8.42 Å². The van der Waals surface area contributed by atoms with Crippen LogP contribution in [0.3, 0.4) is 0 Å². The Morgan fingerprint density at radius 3 is 2.92 bits per heavy atom. The van der Waals surface area contributed by atoms with E-state index in [2.05, 4.69) is 4.72 Å². The van der Waals surface area contributed by atoms with Gasteiger partial charge in [-0.1, -0.05) is 0 Å². The standard InChI is InChI=1S/C7H14N2O3S/c10-13(11)8-3-1-4-9(13)5-2-7-6-12-7/h7-8H,1-6H2. The van der Waals surface area contributed by atoms with Crippen molar-refractivity contribution in [2.45, 2.75) is 18.9 Å². The van der Waals surface area contributed by atoms with Gasteiger partial charge in [-0.3, -0.25) is 0 Å². The van der Waals surface area contributed by atoms with Crippen molar-refractivity contribution < 1.29 is 13.2 Å². The molecule has 2 fully saturated rings. The van der Waals surface area contributed by atoms with Gasteiger partial charge in [0.1, 0.15) is 0 Å². The highest BCUT2D eigenvalue weighted by molar-refractivity contribution is 7.87. The molecule has 13 heavy (non-hydrogen) atoms. The van der Waals surface area contributed by atoms with E-state index < -0.39 is 10.2 Å². The maximum Gasteiger partial charge on any atom is 0.279 e. The lowest BCUT2D eigenvalue weighted by atomic mass is 10.3. The third kappa shape index (κ3) is 2.40. The van der Waals surface area contributed by atoms with Crippen LogP contribution in [-0.4, -0.2) is 45.1 Å².